The molecule has 1 rings (SSSR count). The Kier molecular flexibility index (Phi) is 6.20. The smallest absolute Gasteiger partial charge is 0.122 e. The molecule has 18 heavy (non-hydrogen) atoms. The van der Waals surface area contributed by atoms with Crippen molar-refractivity contribution in [1.29, 1.82) is 0 Å². The van der Waals surface area contributed by atoms with Crippen LogP contribution in [0.15, 0.2) is 12.1 Å². The first-order valence-electron chi connectivity index (χ1n) is 6.99. The van der Waals surface area contributed by atoms with Crippen LogP contribution in [-0.4, -0.2) is 19.7 Å². The molecule has 0 aromatic heterocycles. The van der Waals surface area contributed by atoms with Crippen LogP contribution >= 0.6 is 0 Å². The second-order valence-corrected chi connectivity index (χ2v) is 4.95. The van der Waals surface area contributed by atoms with E-state index in [4.69, 9.17) is 4.74 Å². The Balaban J connectivity index is 2.70. The third-order valence-electron chi connectivity index (χ3n) is 3.60. The van der Waals surface area contributed by atoms with Gasteiger partial charge in [0.2, 0.25) is 0 Å². The van der Waals surface area contributed by atoms with Gasteiger partial charge in [0, 0.05) is 6.04 Å². The van der Waals surface area contributed by atoms with Gasteiger partial charge in [0.25, 0.3) is 0 Å². The van der Waals surface area contributed by atoms with Crippen molar-refractivity contribution in [2.45, 2.75) is 53.0 Å². The first-order chi connectivity index (χ1) is 8.62. The number of nitrogens with one attached hydrogen (secondary N) is 1. The minimum Gasteiger partial charge on any atom is -0.496 e. The fourth-order valence-electron chi connectivity index (χ4n) is 2.41. The third-order valence-corrected chi connectivity index (χ3v) is 3.60. The van der Waals surface area contributed by atoms with Gasteiger partial charge in [0.15, 0.2) is 0 Å². The highest BCUT2D eigenvalue weighted by Crippen LogP contribution is 2.23. The second-order valence-electron chi connectivity index (χ2n) is 4.95. The zero-order valence-corrected chi connectivity index (χ0v) is 12.5. The summed E-state index contributed by atoms with van der Waals surface area (Å²) in [5.41, 5.74) is 4.02. The Bertz CT molecular complexity index is 374. The fourth-order valence-corrected chi connectivity index (χ4v) is 2.41. The lowest BCUT2D eigenvalue weighted by atomic mass is 9.97. The number of benzene rings is 1. The van der Waals surface area contributed by atoms with Gasteiger partial charge in [-0.25, -0.2) is 0 Å². The predicted octanol–water partition coefficient (Wildman–Crippen LogP) is 3.63. The van der Waals surface area contributed by atoms with E-state index in [1.807, 2.05) is 0 Å². The SMILES string of the molecule is CCNC(CC)CCc1cc(C)c(OC)cc1C. The average molecular weight is 249 g/mol. The Morgan fingerprint density at radius 3 is 2.44 bits per heavy atom. The van der Waals surface area contributed by atoms with Gasteiger partial charge in [-0.3, -0.25) is 0 Å². The molecular formula is C16H27NO. The van der Waals surface area contributed by atoms with Crippen molar-refractivity contribution in [3.05, 3.63) is 28.8 Å². The molecule has 0 heterocycles. The van der Waals surface area contributed by atoms with E-state index in [-0.39, 0.29) is 0 Å². The molecule has 0 spiro atoms. The van der Waals surface area contributed by atoms with Gasteiger partial charge >= 0.3 is 0 Å². The Labute approximate surface area is 112 Å². The molecule has 1 atom stereocenters. The highest BCUT2D eigenvalue weighted by molar-refractivity contribution is 5.41. The summed E-state index contributed by atoms with van der Waals surface area (Å²) in [4.78, 5) is 0. The topological polar surface area (TPSA) is 21.3 Å². The molecule has 1 aromatic carbocycles. The number of hydrogen-bond donors (Lipinski definition) is 1. The Morgan fingerprint density at radius 2 is 1.89 bits per heavy atom. The van der Waals surface area contributed by atoms with Gasteiger partial charge in [-0.1, -0.05) is 19.9 Å². The molecule has 2 heteroatoms. The summed E-state index contributed by atoms with van der Waals surface area (Å²) in [6.07, 6.45) is 3.54. The Morgan fingerprint density at radius 1 is 1.17 bits per heavy atom. The maximum atomic E-state index is 5.35. The summed E-state index contributed by atoms with van der Waals surface area (Å²) in [7, 11) is 1.74. The zero-order chi connectivity index (χ0) is 13.5. The largest absolute Gasteiger partial charge is 0.496 e. The van der Waals surface area contributed by atoms with Crippen molar-refractivity contribution in [3.63, 3.8) is 0 Å². The number of hydrogen-bond acceptors (Lipinski definition) is 2. The van der Waals surface area contributed by atoms with E-state index in [1.165, 1.54) is 29.5 Å². The molecule has 2 nitrogen and oxygen atoms in total. The van der Waals surface area contributed by atoms with Gasteiger partial charge in [-0.15, -0.1) is 0 Å². The maximum Gasteiger partial charge on any atom is 0.122 e. The van der Waals surface area contributed by atoms with E-state index in [1.54, 1.807) is 7.11 Å². The van der Waals surface area contributed by atoms with Crippen LogP contribution < -0.4 is 10.1 Å². The quantitative estimate of drug-likeness (QED) is 0.796. The molecule has 102 valence electrons. The van der Waals surface area contributed by atoms with E-state index in [0.29, 0.717) is 6.04 Å². The molecule has 0 aliphatic rings. The monoisotopic (exact) mass is 249 g/mol. The standard InChI is InChI=1S/C16H27NO/c1-6-15(17-7-2)9-8-14-10-13(4)16(18-5)11-12(14)3/h10-11,15,17H,6-9H2,1-5H3. The molecule has 0 bridgehead atoms. The molecule has 0 aliphatic heterocycles. The predicted molar refractivity (Wildman–Crippen MR) is 78.5 cm³/mol. The lowest BCUT2D eigenvalue weighted by molar-refractivity contribution is 0.411. The molecule has 0 radical (unpaired) electrons. The van der Waals surface area contributed by atoms with Crippen LogP contribution in [0.4, 0.5) is 0 Å². The summed E-state index contributed by atoms with van der Waals surface area (Å²) >= 11 is 0. The van der Waals surface area contributed by atoms with Crippen LogP contribution in [0.2, 0.25) is 0 Å². The molecule has 0 aliphatic carbocycles. The van der Waals surface area contributed by atoms with E-state index >= 15 is 0 Å². The minimum atomic E-state index is 0.636. The maximum absolute atomic E-state index is 5.35. The summed E-state index contributed by atoms with van der Waals surface area (Å²) in [6.45, 7) is 9.76. The fraction of sp³-hybridized carbons (Fsp3) is 0.625. The van der Waals surface area contributed by atoms with Gasteiger partial charge < -0.3 is 10.1 Å². The van der Waals surface area contributed by atoms with E-state index in [2.05, 4.69) is 45.1 Å². The minimum absolute atomic E-state index is 0.636. The lowest BCUT2D eigenvalue weighted by Gasteiger charge is -2.17. The van der Waals surface area contributed by atoms with Crippen molar-refractivity contribution in [1.82, 2.24) is 5.32 Å². The van der Waals surface area contributed by atoms with Gasteiger partial charge in [-0.2, -0.15) is 0 Å². The first-order valence-corrected chi connectivity index (χ1v) is 6.99. The van der Waals surface area contributed by atoms with Gasteiger partial charge in [-0.05, 0) is 62.4 Å². The van der Waals surface area contributed by atoms with Crippen LogP contribution in [0.5, 0.6) is 5.75 Å². The van der Waals surface area contributed by atoms with Crippen LogP contribution in [0, 0.1) is 13.8 Å². The lowest BCUT2D eigenvalue weighted by Crippen LogP contribution is -2.28. The third kappa shape index (κ3) is 4.02. The molecule has 1 unspecified atom stereocenters. The normalized spacial score (nSPS) is 12.5. The van der Waals surface area contributed by atoms with Gasteiger partial charge in [0.1, 0.15) is 5.75 Å². The summed E-state index contributed by atoms with van der Waals surface area (Å²) in [5, 5.41) is 3.53. The number of methoxy groups -OCH3 is 1. The number of ether oxygens (including phenoxy) is 1. The number of aryl methyl sites for hydroxylation is 3. The van der Waals surface area contributed by atoms with Crippen molar-refractivity contribution in [2.75, 3.05) is 13.7 Å². The van der Waals surface area contributed by atoms with Crippen LogP contribution in [0.25, 0.3) is 0 Å². The van der Waals surface area contributed by atoms with Gasteiger partial charge in [0.05, 0.1) is 7.11 Å². The highest BCUT2D eigenvalue weighted by atomic mass is 16.5. The number of rotatable bonds is 7. The van der Waals surface area contributed by atoms with Crippen LogP contribution in [0.1, 0.15) is 43.4 Å². The van der Waals surface area contributed by atoms with Crippen molar-refractivity contribution < 1.29 is 4.74 Å². The van der Waals surface area contributed by atoms with Crippen molar-refractivity contribution >= 4 is 0 Å². The zero-order valence-electron chi connectivity index (χ0n) is 12.5. The summed E-state index contributed by atoms with van der Waals surface area (Å²) < 4.78 is 5.35. The summed E-state index contributed by atoms with van der Waals surface area (Å²) in [6, 6.07) is 5.06. The van der Waals surface area contributed by atoms with Crippen molar-refractivity contribution in [3.8, 4) is 5.75 Å². The molecule has 1 aromatic rings. The van der Waals surface area contributed by atoms with E-state index in [0.717, 1.165) is 18.7 Å². The van der Waals surface area contributed by atoms with Crippen LogP contribution in [-0.2, 0) is 6.42 Å². The molecule has 0 amide bonds. The molecule has 0 fully saturated rings. The average Bonchev–Trinajstić information content (AvgIpc) is 2.37. The summed E-state index contributed by atoms with van der Waals surface area (Å²) in [5.74, 6) is 0.995. The van der Waals surface area contributed by atoms with E-state index in [9.17, 15) is 0 Å². The molecule has 0 saturated heterocycles. The first kappa shape index (κ1) is 15.0. The second kappa shape index (κ2) is 7.42. The Hall–Kier alpha value is -1.02. The molecule has 1 N–H and O–H groups in total. The molecular weight excluding hydrogens is 222 g/mol. The van der Waals surface area contributed by atoms with E-state index < -0.39 is 0 Å². The van der Waals surface area contributed by atoms with Crippen LogP contribution in [0.3, 0.4) is 0 Å². The molecule has 0 saturated carbocycles. The van der Waals surface area contributed by atoms with Crippen molar-refractivity contribution in [2.24, 2.45) is 0 Å². The highest BCUT2D eigenvalue weighted by Gasteiger charge is 2.08.